The fourth-order valence-electron chi connectivity index (χ4n) is 2.71. The van der Waals surface area contributed by atoms with Crippen LogP contribution in [0.4, 0.5) is 0 Å². The number of carbonyl (C=O) groups is 1. The predicted molar refractivity (Wildman–Crippen MR) is 82.6 cm³/mol. The molecule has 3 rings (SSSR count). The van der Waals surface area contributed by atoms with Gasteiger partial charge in [0.2, 0.25) is 0 Å². The van der Waals surface area contributed by atoms with Crippen LogP contribution < -0.4 is 5.32 Å². The Morgan fingerprint density at radius 3 is 2.86 bits per heavy atom. The minimum Gasteiger partial charge on any atom is -0.479 e. The summed E-state index contributed by atoms with van der Waals surface area (Å²) in [4.78, 5) is 15.8. The van der Waals surface area contributed by atoms with Crippen LogP contribution in [0.15, 0.2) is 48.8 Å². The Bertz CT molecular complexity index is 652. The molecule has 0 bridgehead atoms. The Labute approximate surface area is 129 Å². The van der Waals surface area contributed by atoms with Gasteiger partial charge in [-0.05, 0) is 22.8 Å². The van der Waals surface area contributed by atoms with Gasteiger partial charge in [0.1, 0.15) is 0 Å². The molecule has 0 radical (unpaired) electrons. The summed E-state index contributed by atoms with van der Waals surface area (Å²) in [6, 6.07) is 11.7. The molecule has 1 aromatic heterocycles. The highest BCUT2D eigenvalue weighted by Gasteiger charge is 2.41. The zero-order valence-corrected chi connectivity index (χ0v) is 12.2. The molecule has 5 heteroatoms. The van der Waals surface area contributed by atoms with E-state index in [2.05, 4.69) is 10.3 Å². The lowest BCUT2D eigenvalue weighted by Gasteiger charge is -2.34. The Morgan fingerprint density at radius 1 is 1.32 bits per heavy atom. The van der Waals surface area contributed by atoms with Crippen LogP contribution in [0, 0.1) is 0 Å². The SMILES string of the molecule is O=C(O)[C@@]1(Cc2cccc(-c3cccnc3)c2)CNCCO1. The topological polar surface area (TPSA) is 71.5 Å². The van der Waals surface area contributed by atoms with Crippen molar-refractivity contribution in [3.05, 3.63) is 54.4 Å². The number of ether oxygens (including phenoxy) is 1. The van der Waals surface area contributed by atoms with Crippen molar-refractivity contribution >= 4 is 5.97 Å². The van der Waals surface area contributed by atoms with E-state index in [1.165, 1.54) is 0 Å². The zero-order valence-electron chi connectivity index (χ0n) is 12.2. The number of morpholine rings is 1. The van der Waals surface area contributed by atoms with Crippen molar-refractivity contribution in [3.8, 4) is 11.1 Å². The molecule has 1 aliphatic rings. The average Bonchev–Trinajstić information content (AvgIpc) is 2.57. The Hall–Kier alpha value is -2.24. The molecule has 0 aliphatic carbocycles. The highest BCUT2D eigenvalue weighted by Crippen LogP contribution is 2.24. The number of aromatic nitrogens is 1. The fraction of sp³-hybridized carbons (Fsp3) is 0.294. The van der Waals surface area contributed by atoms with Crippen LogP contribution in [-0.2, 0) is 16.0 Å². The third-order valence-corrected chi connectivity index (χ3v) is 3.87. The van der Waals surface area contributed by atoms with Crippen LogP contribution in [-0.4, -0.2) is 41.4 Å². The van der Waals surface area contributed by atoms with E-state index in [0.717, 1.165) is 16.7 Å². The first-order valence-corrected chi connectivity index (χ1v) is 7.27. The second-order valence-electron chi connectivity index (χ2n) is 5.44. The summed E-state index contributed by atoms with van der Waals surface area (Å²) in [5.41, 5.74) is 1.78. The van der Waals surface area contributed by atoms with E-state index in [1.807, 2.05) is 36.4 Å². The number of hydrogen-bond acceptors (Lipinski definition) is 4. The van der Waals surface area contributed by atoms with Crippen LogP contribution in [0.5, 0.6) is 0 Å². The number of aliphatic carboxylic acids is 1. The molecule has 5 nitrogen and oxygen atoms in total. The van der Waals surface area contributed by atoms with E-state index >= 15 is 0 Å². The van der Waals surface area contributed by atoms with Gasteiger partial charge in [0, 0.05) is 31.9 Å². The minimum atomic E-state index is -1.19. The minimum absolute atomic E-state index is 0.319. The van der Waals surface area contributed by atoms with Crippen LogP contribution in [0.2, 0.25) is 0 Å². The molecular formula is C17H18N2O3. The molecule has 1 fully saturated rings. The van der Waals surface area contributed by atoms with Crippen LogP contribution in [0.3, 0.4) is 0 Å². The first-order chi connectivity index (χ1) is 10.7. The molecule has 22 heavy (non-hydrogen) atoms. The predicted octanol–water partition coefficient (Wildman–Crippen LogP) is 1.73. The standard InChI is InChI=1S/C17H18N2O3/c20-16(21)17(12-19-7-8-22-17)10-13-3-1-4-14(9-13)15-5-2-6-18-11-15/h1-6,9,11,19H,7-8,10,12H2,(H,20,21)/t17-/m1/s1. The van der Waals surface area contributed by atoms with Crippen molar-refractivity contribution in [2.45, 2.75) is 12.0 Å². The average molecular weight is 298 g/mol. The van der Waals surface area contributed by atoms with Crippen molar-refractivity contribution in [1.29, 1.82) is 0 Å². The molecule has 2 heterocycles. The maximum Gasteiger partial charge on any atom is 0.337 e. The fourth-order valence-corrected chi connectivity index (χ4v) is 2.71. The van der Waals surface area contributed by atoms with E-state index in [1.54, 1.807) is 12.4 Å². The highest BCUT2D eigenvalue weighted by atomic mass is 16.5. The number of carboxylic acid groups (broad SMARTS) is 1. The Morgan fingerprint density at radius 2 is 2.18 bits per heavy atom. The van der Waals surface area contributed by atoms with Gasteiger partial charge < -0.3 is 15.2 Å². The van der Waals surface area contributed by atoms with E-state index in [9.17, 15) is 9.90 Å². The third kappa shape index (κ3) is 3.00. The Kier molecular flexibility index (Phi) is 4.18. The maximum atomic E-state index is 11.7. The van der Waals surface area contributed by atoms with Gasteiger partial charge in [0.15, 0.2) is 5.60 Å². The van der Waals surface area contributed by atoms with Crippen LogP contribution in [0.25, 0.3) is 11.1 Å². The van der Waals surface area contributed by atoms with Crippen molar-refractivity contribution in [2.75, 3.05) is 19.7 Å². The summed E-state index contributed by atoms with van der Waals surface area (Å²) in [5.74, 6) is -0.925. The molecule has 0 spiro atoms. The maximum absolute atomic E-state index is 11.7. The van der Waals surface area contributed by atoms with E-state index in [0.29, 0.717) is 26.1 Å². The summed E-state index contributed by atoms with van der Waals surface area (Å²) in [5, 5.41) is 12.7. The number of rotatable bonds is 4. The number of nitrogens with one attached hydrogen (secondary N) is 1. The van der Waals surface area contributed by atoms with Crippen molar-refractivity contribution in [2.24, 2.45) is 0 Å². The normalized spacial score (nSPS) is 21.5. The Balaban J connectivity index is 1.87. The molecule has 1 saturated heterocycles. The van der Waals surface area contributed by atoms with Gasteiger partial charge in [-0.25, -0.2) is 4.79 Å². The molecule has 2 N–H and O–H groups in total. The van der Waals surface area contributed by atoms with Gasteiger partial charge in [-0.3, -0.25) is 4.98 Å². The molecule has 0 saturated carbocycles. The van der Waals surface area contributed by atoms with Crippen molar-refractivity contribution in [3.63, 3.8) is 0 Å². The molecule has 1 aromatic carbocycles. The van der Waals surface area contributed by atoms with E-state index < -0.39 is 11.6 Å². The van der Waals surface area contributed by atoms with Crippen molar-refractivity contribution in [1.82, 2.24) is 10.3 Å². The quantitative estimate of drug-likeness (QED) is 0.899. The monoisotopic (exact) mass is 298 g/mol. The van der Waals surface area contributed by atoms with Crippen LogP contribution in [0.1, 0.15) is 5.56 Å². The number of pyridine rings is 1. The lowest BCUT2D eigenvalue weighted by atomic mass is 9.91. The number of carboxylic acids is 1. The highest BCUT2D eigenvalue weighted by molar-refractivity contribution is 5.78. The van der Waals surface area contributed by atoms with Crippen molar-refractivity contribution < 1.29 is 14.6 Å². The van der Waals surface area contributed by atoms with Gasteiger partial charge in [-0.1, -0.05) is 30.3 Å². The molecule has 0 amide bonds. The molecule has 114 valence electrons. The number of benzene rings is 1. The second-order valence-corrected chi connectivity index (χ2v) is 5.44. The lowest BCUT2D eigenvalue weighted by molar-refractivity contribution is -0.169. The third-order valence-electron chi connectivity index (χ3n) is 3.87. The molecule has 0 unspecified atom stereocenters. The second kappa shape index (κ2) is 6.25. The van der Waals surface area contributed by atoms with Gasteiger partial charge >= 0.3 is 5.97 Å². The van der Waals surface area contributed by atoms with Gasteiger partial charge in [-0.2, -0.15) is 0 Å². The first kappa shape index (κ1) is 14.7. The van der Waals surface area contributed by atoms with Gasteiger partial charge in [0.05, 0.1) is 6.61 Å². The number of hydrogen-bond donors (Lipinski definition) is 2. The molecule has 2 aromatic rings. The summed E-state index contributed by atoms with van der Waals surface area (Å²) in [6.45, 7) is 1.42. The lowest BCUT2D eigenvalue weighted by Crippen LogP contribution is -2.56. The summed E-state index contributed by atoms with van der Waals surface area (Å²) in [7, 11) is 0. The van der Waals surface area contributed by atoms with E-state index in [-0.39, 0.29) is 0 Å². The summed E-state index contributed by atoms with van der Waals surface area (Å²) >= 11 is 0. The zero-order chi connectivity index (χ0) is 15.4. The molecule has 1 aliphatic heterocycles. The molecular weight excluding hydrogens is 280 g/mol. The summed E-state index contributed by atoms with van der Waals surface area (Å²) < 4.78 is 5.60. The largest absolute Gasteiger partial charge is 0.479 e. The van der Waals surface area contributed by atoms with Gasteiger partial charge in [0.25, 0.3) is 0 Å². The smallest absolute Gasteiger partial charge is 0.337 e. The van der Waals surface area contributed by atoms with E-state index in [4.69, 9.17) is 4.74 Å². The molecule has 1 atom stereocenters. The summed E-state index contributed by atoms with van der Waals surface area (Å²) in [6.07, 6.45) is 3.86. The van der Waals surface area contributed by atoms with Gasteiger partial charge in [-0.15, -0.1) is 0 Å². The van der Waals surface area contributed by atoms with Crippen LogP contribution >= 0.6 is 0 Å². The first-order valence-electron chi connectivity index (χ1n) is 7.27. The number of nitrogens with zero attached hydrogens (tertiary/aromatic N) is 1.